The summed E-state index contributed by atoms with van der Waals surface area (Å²) in [5.41, 5.74) is -1.58. The average molecular weight is 368 g/mol. The van der Waals surface area contributed by atoms with Gasteiger partial charge in [0, 0.05) is 5.39 Å². The van der Waals surface area contributed by atoms with E-state index in [0.29, 0.717) is 0 Å². The summed E-state index contributed by atoms with van der Waals surface area (Å²) in [6.45, 7) is 2.79. The van der Waals surface area contributed by atoms with Crippen LogP contribution in [0, 0.1) is 12.7 Å². The second kappa shape index (κ2) is 5.32. The molecule has 0 aliphatic carbocycles. The van der Waals surface area contributed by atoms with E-state index in [4.69, 9.17) is 4.74 Å². The zero-order valence-corrected chi connectivity index (χ0v) is 12.6. The van der Waals surface area contributed by atoms with Gasteiger partial charge in [-0.2, -0.15) is 13.2 Å². The Labute approximate surface area is 125 Å². The summed E-state index contributed by atoms with van der Waals surface area (Å²) < 4.78 is 57.3. The third kappa shape index (κ3) is 2.64. The van der Waals surface area contributed by atoms with Crippen molar-refractivity contribution in [3.63, 3.8) is 0 Å². The van der Waals surface area contributed by atoms with Crippen LogP contribution in [0.15, 0.2) is 10.5 Å². The number of hydrogen-bond donors (Lipinski definition) is 1. The molecule has 1 N–H and O–H groups in total. The van der Waals surface area contributed by atoms with Gasteiger partial charge in [0.25, 0.3) is 0 Å². The van der Waals surface area contributed by atoms with E-state index in [1.807, 2.05) is 0 Å². The first-order valence-electron chi connectivity index (χ1n) is 5.93. The highest BCUT2D eigenvalue weighted by Gasteiger charge is 2.36. The number of aromatic nitrogens is 1. The van der Waals surface area contributed by atoms with Gasteiger partial charge in [0.1, 0.15) is 11.5 Å². The number of H-pyrrole nitrogens is 1. The minimum atomic E-state index is -4.63. The molecule has 0 aliphatic rings. The average Bonchev–Trinajstić information content (AvgIpc) is 2.72. The number of carbonyl (C=O) groups is 1. The van der Waals surface area contributed by atoms with E-state index in [-0.39, 0.29) is 33.1 Å². The van der Waals surface area contributed by atoms with E-state index in [2.05, 4.69) is 20.9 Å². The molecule has 1 heterocycles. The van der Waals surface area contributed by atoms with Crippen LogP contribution < -0.4 is 0 Å². The van der Waals surface area contributed by atoms with Crippen molar-refractivity contribution < 1.29 is 27.1 Å². The fraction of sp³-hybridized carbons (Fsp3) is 0.308. The molecule has 8 heteroatoms. The molecule has 2 aromatic rings. The van der Waals surface area contributed by atoms with Crippen LogP contribution in [0.5, 0.6) is 0 Å². The molecule has 2 rings (SSSR count). The largest absolute Gasteiger partial charge is 0.462 e. The van der Waals surface area contributed by atoms with E-state index in [9.17, 15) is 22.4 Å². The molecule has 0 saturated carbocycles. The monoisotopic (exact) mass is 367 g/mol. The second-order valence-corrected chi connectivity index (χ2v) is 5.11. The van der Waals surface area contributed by atoms with Gasteiger partial charge in [-0.3, -0.25) is 0 Å². The number of aromatic amines is 1. The van der Waals surface area contributed by atoms with Crippen LogP contribution in [-0.2, 0) is 10.9 Å². The van der Waals surface area contributed by atoms with Gasteiger partial charge in [-0.25, -0.2) is 9.18 Å². The Morgan fingerprint density at radius 1 is 1.43 bits per heavy atom. The number of carbonyl (C=O) groups excluding carboxylic acids is 1. The summed E-state index contributed by atoms with van der Waals surface area (Å²) in [5, 5.41) is -0.0228. The highest BCUT2D eigenvalue weighted by Crippen LogP contribution is 2.39. The number of halogens is 5. The van der Waals surface area contributed by atoms with E-state index in [1.165, 1.54) is 6.92 Å². The molecule has 0 amide bonds. The Hall–Kier alpha value is -1.57. The standard InChI is InChI=1S/C13H10BrF4NO2/c1-3-21-12(20)6-4-7(15)9(14)8-5(2)11(13(16,17)18)19-10(6)8/h4,19H,3H2,1-2H3. The molecule has 0 atom stereocenters. The maximum atomic E-state index is 13.8. The summed E-state index contributed by atoms with van der Waals surface area (Å²) in [7, 11) is 0. The van der Waals surface area contributed by atoms with E-state index >= 15 is 0 Å². The molecule has 0 saturated heterocycles. The van der Waals surface area contributed by atoms with Crippen molar-refractivity contribution in [2.45, 2.75) is 20.0 Å². The lowest BCUT2D eigenvalue weighted by Gasteiger charge is -2.06. The normalized spacial score (nSPS) is 12.0. The zero-order valence-electron chi connectivity index (χ0n) is 11.0. The van der Waals surface area contributed by atoms with Crippen LogP contribution in [0.25, 0.3) is 10.9 Å². The topological polar surface area (TPSA) is 42.1 Å². The summed E-state index contributed by atoms with van der Waals surface area (Å²) in [6.07, 6.45) is -4.63. The SMILES string of the molecule is CCOC(=O)c1cc(F)c(Br)c2c(C)c(C(F)(F)F)[nH]c12. The number of alkyl halides is 3. The molecule has 1 aromatic carbocycles. The van der Waals surface area contributed by atoms with Crippen LogP contribution >= 0.6 is 15.9 Å². The third-order valence-corrected chi connectivity index (χ3v) is 3.77. The number of ether oxygens (including phenoxy) is 1. The predicted octanol–water partition coefficient (Wildman–Crippen LogP) is 4.57. The smallest absolute Gasteiger partial charge is 0.431 e. The van der Waals surface area contributed by atoms with Crippen molar-refractivity contribution in [3.05, 3.63) is 33.2 Å². The number of hydrogen-bond acceptors (Lipinski definition) is 2. The molecule has 21 heavy (non-hydrogen) atoms. The van der Waals surface area contributed by atoms with Gasteiger partial charge in [-0.05, 0) is 41.4 Å². The highest BCUT2D eigenvalue weighted by molar-refractivity contribution is 9.10. The van der Waals surface area contributed by atoms with Crippen molar-refractivity contribution in [2.24, 2.45) is 0 Å². The fourth-order valence-corrected chi connectivity index (χ4v) is 2.72. The predicted molar refractivity (Wildman–Crippen MR) is 71.7 cm³/mol. The van der Waals surface area contributed by atoms with Crippen molar-refractivity contribution >= 4 is 32.8 Å². The van der Waals surface area contributed by atoms with Crippen molar-refractivity contribution in [1.82, 2.24) is 4.98 Å². The lowest BCUT2D eigenvalue weighted by atomic mass is 10.1. The van der Waals surface area contributed by atoms with Gasteiger partial charge in [0.15, 0.2) is 0 Å². The van der Waals surface area contributed by atoms with Crippen molar-refractivity contribution in [2.75, 3.05) is 6.61 Å². The molecular weight excluding hydrogens is 358 g/mol. The molecule has 0 radical (unpaired) electrons. The molecule has 3 nitrogen and oxygen atoms in total. The Morgan fingerprint density at radius 2 is 2.05 bits per heavy atom. The van der Waals surface area contributed by atoms with Crippen LogP contribution in [-0.4, -0.2) is 17.6 Å². The van der Waals surface area contributed by atoms with Crippen LogP contribution in [0.4, 0.5) is 17.6 Å². The number of rotatable bonds is 2. The fourth-order valence-electron chi connectivity index (χ4n) is 2.11. The third-order valence-electron chi connectivity index (χ3n) is 3.00. The second-order valence-electron chi connectivity index (χ2n) is 4.31. The Morgan fingerprint density at radius 3 is 2.57 bits per heavy atom. The maximum absolute atomic E-state index is 13.8. The Balaban J connectivity index is 2.84. The first-order valence-corrected chi connectivity index (χ1v) is 6.72. The lowest BCUT2D eigenvalue weighted by molar-refractivity contribution is -0.141. The Kier molecular flexibility index (Phi) is 4.01. The number of fused-ring (bicyclic) bond motifs is 1. The van der Waals surface area contributed by atoms with Gasteiger partial charge in [-0.1, -0.05) is 0 Å². The highest BCUT2D eigenvalue weighted by atomic mass is 79.9. The van der Waals surface area contributed by atoms with Gasteiger partial charge in [0.2, 0.25) is 0 Å². The number of esters is 1. The quantitative estimate of drug-likeness (QED) is 0.623. The summed E-state index contributed by atoms with van der Waals surface area (Å²) >= 11 is 2.92. The minimum Gasteiger partial charge on any atom is -0.462 e. The van der Waals surface area contributed by atoms with Crippen LogP contribution in [0.3, 0.4) is 0 Å². The maximum Gasteiger partial charge on any atom is 0.431 e. The molecule has 114 valence electrons. The number of benzene rings is 1. The molecule has 0 spiro atoms. The van der Waals surface area contributed by atoms with Crippen LogP contribution in [0.2, 0.25) is 0 Å². The summed E-state index contributed by atoms with van der Waals surface area (Å²) in [6, 6.07) is 0.848. The van der Waals surface area contributed by atoms with Gasteiger partial charge >= 0.3 is 12.1 Å². The molecule has 0 unspecified atom stereocenters. The zero-order chi connectivity index (χ0) is 15.9. The number of nitrogens with one attached hydrogen (secondary N) is 1. The van der Waals surface area contributed by atoms with Crippen LogP contribution in [0.1, 0.15) is 28.5 Å². The molecule has 0 fully saturated rings. The Bertz CT molecular complexity index is 721. The summed E-state index contributed by atoms with van der Waals surface area (Å²) in [5.74, 6) is -1.72. The van der Waals surface area contributed by atoms with E-state index in [1.54, 1.807) is 6.92 Å². The molecular formula is C13H10BrF4NO2. The van der Waals surface area contributed by atoms with Gasteiger partial charge < -0.3 is 9.72 Å². The van der Waals surface area contributed by atoms with Gasteiger partial charge in [0.05, 0.1) is 22.2 Å². The molecule has 1 aromatic heterocycles. The first-order chi connectivity index (χ1) is 9.68. The number of aryl methyl sites for hydroxylation is 1. The van der Waals surface area contributed by atoms with Gasteiger partial charge in [-0.15, -0.1) is 0 Å². The molecule has 0 bridgehead atoms. The summed E-state index contributed by atoms with van der Waals surface area (Å²) in [4.78, 5) is 13.9. The minimum absolute atomic E-state index is 0.0228. The first kappa shape index (κ1) is 15.8. The van der Waals surface area contributed by atoms with E-state index < -0.39 is 23.7 Å². The molecule has 0 aliphatic heterocycles. The van der Waals surface area contributed by atoms with Crippen molar-refractivity contribution in [1.29, 1.82) is 0 Å². The van der Waals surface area contributed by atoms with E-state index in [0.717, 1.165) is 6.07 Å². The lowest BCUT2D eigenvalue weighted by Crippen LogP contribution is -2.08. The van der Waals surface area contributed by atoms with Crippen molar-refractivity contribution in [3.8, 4) is 0 Å².